The quantitative estimate of drug-likeness (QED) is 0.834. The number of hydrogen-bond acceptors (Lipinski definition) is 3. The number of carbonyl (C=O) groups excluding carboxylic acids is 1. The predicted octanol–water partition coefficient (Wildman–Crippen LogP) is 1.94. The Bertz CT molecular complexity index is 426. The number of carbonyl (C=O) groups is 1. The maximum Gasteiger partial charge on any atom is 0.254 e. The van der Waals surface area contributed by atoms with E-state index in [0.717, 1.165) is 25.2 Å². The zero-order valence-electron chi connectivity index (χ0n) is 10.7. The van der Waals surface area contributed by atoms with E-state index in [4.69, 9.17) is 11.6 Å². The first-order valence-electron chi connectivity index (χ1n) is 5.66. The van der Waals surface area contributed by atoms with E-state index in [9.17, 15) is 9.18 Å². The third-order valence-corrected chi connectivity index (χ3v) is 2.74. The molecule has 4 nitrogen and oxygen atoms in total. The summed E-state index contributed by atoms with van der Waals surface area (Å²) < 4.78 is 13.0. The van der Waals surface area contributed by atoms with E-state index >= 15 is 0 Å². The largest absolute Gasteiger partial charge is 0.349 e. The number of nitrogens with zero attached hydrogens (tertiary/aromatic N) is 2. The second-order valence-electron chi connectivity index (χ2n) is 4.46. The fourth-order valence-electron chi connectivity index (χ4n) is 1.41. The van der Waals surface area contributed by atoms with Gasteiger partial charge >= 0.3 is 0 Å². The summed E-state index contributed by atoms with van der Waals surface area (Å²) in [5, 5.41) is 2.77. The SMILES string of the molecule is CC(CCN(C)C)NC(=O)c1cc(F)cnc1Cl. The molecule has 1 amide bonds. The average molecular weight is 274 g/mol. The number of aromatic nitrogens is 1. The van der Waals surface area contributed by atoms with Gasteiger partial charge in [-0.15, -0.1) is 0 Å². The predicted molar refractivity (Wildman–Crippen MR) is 69.3 cm³/mol. The van der Waals surface area contributed by atoms with E-state index in [2.05, 4.69) is 10.3 Å². The minimum atomic E-state index is -0.578. The Morgan fingerprint density at radius 2 is 2.28 bits per heavy atom. The van der Waals surface area contributed by atoms with E-state index in [1.165, 1.54) is 0 Å². The van der Waals surface area contributed by atoms with Crippen LogP contribution >= 0.6 is 11.6 Å². The van der Waals surface area contributed by atoms with Crippen LogP contribution in [0.1, 0.15) is 23.7 Å². The van der Waals surface area contributed by atoms with Crippen molar-refractivity contribution in [2.75, 3.05) is 20.6 Å². The van der Waals surface area contributed by atoms with E-state index in [1.807, 2.05) is 25.9 Å². The lowest BCUT2D eigenvalue weighted by molar-refractivity contribution is 0.0936. The number of halogens is 2. The van der Waals surface area contributed by atoms with Crippen molar-refractivity contribution in [2.24, 2.45) is 0 Å². The van der Waals surface area contributed by atoms with Gasteiger partial charge in [-0.1, -0.05) is 11.6 Å². The molecular formula is C12H17ClFN3O. The van der Waals surface area contributed by atoms with Gasteiger partial charge in [-0.25, -0.2) is 9.37 Å². The highest BCUT2D eigenvalue weighted by Crippen LogP contribution is 2.13. The molecule has 6 heteroatoms. The summed E-state index contributed by atoms with van der Waals surface area (Å²) in [6.07, 6.45) is 1.79. The molecule has 0 spiro atoms. The zero-order valence-corrected chi connectivity index (χ0v) is 11.5. The molecule has 0 aromatic carbocycles. The molecule has 0 saturated heterocycles. The van der Waals surface area contributed by atoms with Gasteiger partial charge in [0.25, 0.3) is 5.91 Å². The minimum Gasteiger partial charge on any atom is -0.349 e. The highest BCUT2D eigenvalue weighted by Gasteiger charge is 2.15. The summed E-state index contributed by atoms with van der Waals surface area (Å²) in [5.41, 5.74) is 0.0633. The van der Waals surface area contributed by atoms with Gasteiger partial charge in [0.2, 0.25) is 0 Å². The van der Waals surface area contributed by atoms with Crippen molar-refractivity contribution in [1.29, 1.82) is 0 Å². The zero-order chi connectivity index (χ0) is 13.7. The topological polar surface area (TPSA) is 45.2 Å². The lowest BCUT2D eigenvalue weighted by atomic mass is 10.2. The molecule has 18 heavy (non-hydrogen) atoms. The first-order chi connectivity index (χ1) is 8.40. The normalized spacial score (nSPS) is 12.6. The highest BCUT2D eigenvalue weighted by atomic mass is 35.5. The number of amides is 1. The summed E-state index contributed by atoms with van der Waals surface area (Å²) in [5.74, 6) is -0.983. The van der Waals surface area contributed by atoms with E-state index < -0.39 is 11.7 Å². The lowest BCUT2D eigenvalue weighted by Crippen LogP contribution is -2.35. The molecule has 0 aliphatic heterocycles. The molecule has 0 aliphatic rings. The Morgan fingerprint density at radius 3 is 2.89 bits per heavy atom. The monoisotopic (exact) mass is 273 g/mol. The van der Waals surface area contributed by atoms with Gasteiger partial charge in [0, 0.05) is 6.04 Å². The van der Waals surface area contributed by atoms with Crippen LogP contribution in [0.25, 0.3) is 0 Å². The van der Waals surface area contributed by atoms with Crippen molar-refractivity contribution in [2.45, 2.75) is 19.4 Å². The van der Waals surface area contributed by atoms with Crippen LogP contribution in [-0.4, -0.2) is 42.5 Å². The minimum absolute atomic E-state index is 0.00806. The van der Waals surface area contributed by atoms with E-state index in [-0.39, 0.29) is 16.8 Å². The van der Waals surface area contributed by atoms with Gasteiger partial charge < -0.3 is 10.2 Å². The summed E-state index contributed by atoms with van der Waals surface area (Å²) in [4.78, 5) is 17.5. The average Bonchev–Trinajstić information content (AvgIpc) is 2.29. The second-order valence-corrected chi connectivity index (χ2v) is 4.82. The molecule has 1 heterocycles. The smallest absolute Gasteiger partial charge is 0.254 e. The number of rotatable bonds is 5. The molecule has 0 aliphatic carbocycles. The molecule has 100 valence electrons. The van der Waals surface area contributed by atoms with Crippen molar-refractivity contribution in [3.8, 4) is 0 Å². The highest BCUT2D eigenvalue weighted by molar-refractivity contribution is 6.32. The third-order valence-electron chi connectivity index (χ3n) is 2.44. The molecule has 1 atom stereocenters. The first kappa shape index (κ1) is 14.9. The van der Waals surface area contributed by atoms with Crippen LogP contribution in [0.4, 0.5) is 4.39 Å². The van der Waals surface area contributed by atoms with Gasteiger partial charge in [0.05, 0.1) is 11.8 Å². The Kier molecular flexibility index (Phi) is 5.50. The Balaban J connectivity index is 2.62. The van der Waals surface area contributed by atoms with Gasteiger partial charge in [-0.3, -0.25) is 4.79 Å². The molecule has 0 fully saturated rings. The van der Waals surface area contributed by atoms with Gasteiger partial charge in [-0.05, 0) is 40.1 Å². The van der Waals surface area contributed by atoms with Crippen molar-refractivity contribution >= 4 is 17.5 Å². The van der Waals surface area contributed by atoms with Crippen molar-refractivity contribution in [3.05, 3.63) is 28.8 Å². The van der Waals surface area contributed by atoms with Crippen LogP contribution in [0.3, 0.4) is 0 Å². The van der Waals surface area contributed by atoms with Crippen LogP contribution < -0.4 is 5.32 Å². The third kappa shape index (κ3) is 4.58. The molecule has 0 saturated carbocycles. The molecular weight excluding hydrogens is 257 g/mol. The van der Waals surface area contributed by atoms with Crippen LogP contribution in [-0.2, 0) is 0 Å². The molecule has 1 aromatic heterocycles. The second kappa shape index (κ2) is 6.66. The fourth-order valence-corrected chi connectivity index (χ4v) is 1.60. The maximum absolute atomic E-state index is 13.0. The Labute approximate surface area is 111 Å². The van der Waals surface area contributed by atoms with Gasteiger partial charge in [0.15, 0.2) is 0 Å². The van der Waals surface area contributed by atoms with E-state index in [0.29, 0.717) is 0 Å². The Hall–Kier alpha value is -1.20. The summed E-state index contributed by atoms with van der Waals surface area (Å²) in [7, 11) is 3.92. The molecule has 0 bridgehead atoms. The molecule has 0 radical (unpaired) electrons. The molecule has 1 N–H and O–H groups in total. The van der Waals surface area contributed by atoms with Crippen molar-refractivity contribution in [3.63, 3.8) is 0 Å². The number of nitrogens with one attached hydrogen (secondary N) is 1. The fraction of sp³-hybridized carbons (Fsp3) is 0.500. The number of pyridine rings is 1. The van der Waals surface area contributed by atoms with Crippen LogP contribution in [0, 0.1) is 5.82 Å². The standard InChI is InChI=1S/C12H17ClFN3O/c1-8(4-5-17(2)3)16-12(18)10-6-9(14)7-15-11(10)13/h6-8H,4-5H2,1-3H3,(H,16,18). The molecule has 1 aromatic rings. The molecule has 1 rings (SSSR count). The summed E-state index contributed by atoms with van der Waals surface area (Å²) in [6.45, 7) is 2.75. The first-order valence-corrected chi connectivity index (χ1v) is 6.04. The van der Waals surface area contributed by atoms with Crippen LogP contribution in [0.15, 0.2) is 12.3 Å². The summed E-state index contributed by atoms with van der Waals surface area (Å²) in [6, 6.07) is 1.07. The molecule has 1 unspecified atom stereocenters. The van der Waals surface area contributed by atoms with Crippen LogP contribution in [0.2, 0.25) is 5.15 Å². The van der Waals surface area contributed by atoms with Crippen LogP contribution in [0.5, 0.6) is 0 Å². The van der Waals surface area contributed by atoms with Gasteiger partial charge in [0.1, 0.15) is 11.0 Å². The van der Waals surface area contributed by atoms with Crippen molar-refractivity contribution < 1.29 is 9.18 Å². The van der Waals surface area contributed by atoms with E-state index in [1.54, 1.807) is 0 Å². The maximum atomic E-state index is 13.0. The number of hydrogen-bond donors (Lipinski definition) is 1. The Morgan fingerprint density at radius 1 is 1.61 bits per heavy atom. The van der Waals surface area contributed by atoms with Gasteiger partial charge in [-0.2, -0.15) is 0 Å². The van der Waals surface area contributed by atoms with Crippen molar-refractivity contribution in [1.82, 2.24) is 15.2 Å². The summed E-state index contributed by atoms with van der Waals surface area (Å²) >= 11 is 5.76. The lowest BCUT2D eigenvalue weighted by Gasteiger charge is -2.16.